The fourth-order valence-corrected chi connectivity index (χ4v) is 4.39. The molecule has 158 valence electrons. The lowest BCUT2D eigenvalue weighted by atomic mass is 9.89. The number of piperidine rings is 1. The zero-order chi connectivity index (χ0) is 21.6. The van der Waals surface area contributed by atoms with Crippen molar-refractivity contribution < 1.29 is 4.74 Å². The van der Waals surface area contributed by atoms with E-state index in [1.807, 2.05) is 30.3 Å². The fourth-order valence-electron chi connectivity index (χ4n) is 4.39. The van der Waals surface area contributed by atoms with Crippen molar-refractivity contribution in [3.63, 3.8) is 0 Å². The Bertz CT molecular complexity index is 1040. The van der Waals surface area contributed by atoms with E-state index in [1.165, 1.54) is 5.56 Å². The Morgan fingerprint density at radius 3 is 2.45 bits per heavy atom. The predicted molar refractivity (Wildman–Crippen MR) is 125 cm³/mol. The summed E-state index contributed by atoms with van der Waals surface area (Å²) in [6.45, 7) is 2.99. The maximum Gasteiger partial charge on any atom is 0.123 e. The Balaban J connectivity index is 1.54. The molecule has 1 heterocycles. The number of nitrogens with zero attached hydrogens (tertiary/aromatic N) is 1. The molecule has 4 heteroatoms. The van der Waals surface area contributed by atoms with Gasteiger partial charge in [0, 0.05) is 30.2 Å². The summed E-state index contributed by atoms with van der Waals surface area (Å²) in [7, 11) is 1.72. The van der Waals surface area contributed by atoms with Gasteiger partial charge in [0.2, 0.25) is 0 Å². The minimum absolute atomic E-state index is 0.289. The summed E-state index contributed by atoms with van der Waals surface area (Å²) in [4.78, 5) is 0. The average molecular weight is 412 g/mol. The number of ether oxygens (including phenoxy) is 1. The van der Waals surface area contributed by atoms with Gasteiger partial charge in [-0.15, -0.1) is 0 Å². The van der Waals surface area contributed by atoms with Crippen LogP contribution in [0.3, 0.4) is 0 Å². The standard InChI is InChI=1S/C27H29N3O/c1-19-8-14-25(27(30-19)22-6-4-3-5-7-22)29-18-24-16-23(13-15-26(24)31-2)21-11-9-20(17-28)10-12-21/h3-7,9-13,15-16,19,25,27,29-30H,8,14,18H2,1-2H3/t19-,25+,27+/m1/s1. The first-order valence-electron chi connectivity index (χ1n) is 10.9. The van der Waals surface area contributed by atoms with Crippen molar-refractivity contribution in [3.8, 4) is 22.9 Å². The smallest absolute Gasteiger partial charge is 0.123 e. The topological polar surface area (TPSA) is 57.1 Å². The number of methoxy groups -OCH3 is 1. The van der Waals surface area contributed by atoms with Gasteiger partial charge < -0.3 is 15.4 Å². The fraction of sp³-hybridized carbons (Fsp3) is 0.296. The molecule has 2 N–H and O–H groups in total. The highest BCUT2D eigenvalue weighted by Crippen LogP contribution is 2.29. The second-order valence-electron chi connectivity index (χ2n) is 8.24. The highest BCUT2D eigenvalue weighted by molar-refractivity contribution is 5.66. The summed E-state index contributed by atoms with van der Waals surface area (Å²) >= 11 is 0. The van der Waals surface area contributed by atoms with Crippen LogP contribution in [-0.2, 0) is 6.54 Å². The van der Waals surface area contributed by atoms with Crippen LogP contribution < -0.4 is 15.4 Å². The highest BCUT2D eigenvalue weighted by atomic mass is 16.5. The molecular weight excluding hydrogens is 382 g/mol. The van der Waals surface area contributed by atoms with E-state index in [9.17, 15) is 0 Å². The van der Waals surface area contributed by atoms with E-state index in [2.05, 4.69) is 66.1 Å². The van der Waals surface area contributed by atoms with Crippen molar-refractivity contribution in [1.82, 2.24) is 10.6 Å². The van der Waals surface area contributed by atoms with Crippen LogP contribution in [0.25, 0.3) is 11.1 Å². The third kappa shape index (κ3) is 4.96. The Morgan fingerprint density at radius 1 is 1.00 bits per heavy atom. The van der Waals surface area contributed by atoms with Crippen molar-refractivity contribution in [2.75, 3.05) is 7.11 Å². The number of benzene rings is 3. The maximum atomic E-state index is 9.05. The maximum absolute atomic E-state index is 9.05. The molecule has 1 fully saturated rings. The summed E-state index contributed by atoms with van der Waals surface area (Å²) in [6.07, 6.45) is 2.29. The van der Waals surface area contributed by atoms with Crippen LogP contribution in [0.2, 0.25) is 0 Å². The van der Waals surface area contributed by atoms with Crippen molar-refractivity contribution in [2.24, 2.45) is 0 Å². The molecule has 0 aliphatic carbocycles. The van der Waals surface area contributed by atoms with Gasteiger partial charge in [-0.3, -0.25) is 0 Å². The van der Waals surface area contributed by atoms with E-state index in [4.69, 9.17) is 10.00 Å². The van der Waals surface area contributed by atoms with E-state index in [0.717, 1.165) is 41.8 Å². The molecule has 31 heavy (non-hydrogen) atoms. The minimum atomic E-state index is 0.289. The molecular formula is C27H29N3O. The van der Waals surface area contributed by atoms with E-state index in [-0.39, 0.29) is 6.04 Å². The lowest BCUT2D eigenvalue weighted by Crippen LogP contribution is -2.49. The van der Waals surface area contributed by atoms with Gasteiger partial charge in [-0.1, -0.05) is 48.5 Å². The number of hydrogen-bond acceptors (Lipinski definition) is 4. The van der Waals surface area contributed by atoms with Gasteiger partial charge in [-0.2, -0.15) is 5.26 Å². The molecule has 1 aliphatic rings. The quantitative estimate of drug-likeness (QED) is 0.585. The summed E-state index contributed by atoms with van der Waals surface area (Å²) in [5.41, 5.74) is 5.35. The molecule has 4 rings (SSSR count). The first-order valence-corrected chi connectivity index (χ1v) is 10.9. The zero-order valence-corrected chi connectivity index (χ0v) is 18.1. The highest BCUT2D eigenvalue weighted by Gasteiger charge is 2.29. The third-order valence-electron chi connectivity index (χ3n) is 6.12. The van der Waals surface area contributed by atoms with E-state index < -0.39 is 0 Å². The van der Waals surface area contributed by atoms with Crippen molar-refractivity contribution >= 4 is 0 Å². The van der Waals surface area contributed by atoms with Crippen molar-refractivity contribution in [1.29, 1.82) is 5.26 Å². The number of hydrogen-bond donors (Lipinski definition) is 2. The van der Waals surface area contributed by atoms with Gasteiger partial charge in [-0.25, -0.2) is 0 Å². The molecule has 3 aromatic carbocycles. The van der Waals surface area contributed by atoms with Crippen LogP contribution in [0.1, 0.15) is 42.5 Å². The van der Waals surface area contributed by atoms with Crippen LogP contribution in [0.5, 0.6) is 5.75 Å². The van der Waals surface area contributed by atoms with Gasteiger partial charge in [0.05, 0.1) is 18.7 Å². The number of nitrogens with one attached hydrogen (secondary N) is 2. The predicted octanol–water partition coefficient (Wildman–Crippen LogP) is 5.21. The molecule has 0 unspecified atom stereocenters. The van der Waals surface area contributed by atoms with Gasteiger partial charge in [0.15, 0.2) is 0 Å². The first-order chi connectivity index (χ1) is 15.2. The monoisotopic (exact) mass is 411 g/mol. The van der Waals surface area contributed by atoms with Crippen LogP contribution in [0, 0.1) is 11.3 Å². The lowest BCUT2D eigenvalue weighted by Gasteiger charge is -2.37. The Labute approximate surface area is 184 Å². The van der Waals surface area contributed by atoms with E-state index >= 15 is 0 Å². The van der Waals surface area contributed by atoms with Gasteiger partial charge in [0.25, 0.3) is 0 Å². The SMILES string of the molecule is COc1ccc(-c2ccc(C#N)cc2)cc1CN[C@H]1CC[C@@H](C)N[C@H]1c1ccccc1. The Hall–Kier alpha value is -3.13. The molecule has 0 aromatic heterocycles. The van der Waals surface area contributed by atoms with Gasteiger partial charge in [0.1, 0.15) is 5.75 Å². The van der Waals surface area contributed by atoms with Gasteiger partial charge in [-0.05, 0) is 60.7 Å². The van der Waals surface area contributed by atoms with Crippen LogP contribution >= 0.6 is 0 Å². The lowest BCUT2D eigenvalue weighted by molar-refractivity contribution is 0.260. The molecule has 0 spiro atoms. The molecule has 3 atom stereocenters. The number of nitriles is 1. The average Bonchev–Trinajstić information content (AvgIpc) is 2.83. The zero-order valence-electron chi connectivity index (χ0n) is 18.1. The van der Waals surface area contributed by atoms with E-state index in [0.29, 0.717) is 17.6 Å². The van der Waals surface area contributed by atoms with Crippen LogP contribution in [-0.4, -0.2) is 19.2 Å². The molecule has 3 aromatic rings. The second kappa shape index (κ2) is 9.78. The van der Waals surface area contributed by atoms with Crippen molar-refractivity contribution in [2.45, 2.75) is 44.4 Å². The molecule has 0 amide bonds. The Morgan fingerprint density at radius 2 is 1.74 bits per heavy atom. The summed E-state index contributed by atoms with van der Waals surface area (Å²) < 4.78 is 5.64. The van der Waals surface area contributed by atoms with Crippen LogP contribution in [0.4, 0.5) is 0 Å². The molecule has 0 bridgehead atoms. The molecule has 0 saturated carbocycles. The molecule has 0 radical (unpaired) electrons. The Kier molecular flexibility index (Phi) is 6.66. The summed E-state index contributed by atoms with van der Waals surface area (Å²) in [5, 5.41) is 16.6. The molecule has 1 aliphatic heterocycles. The third-order valence-corrected chi connectivity index (χ3v) is 6.12. The summed E-state index contributed by atoms with van der Waals surface area (Å²) in [6, 6.07) is 28.0. The summed E-state index contributed by atoms with van der Waals surface area (Å²) in [5.74, 6) is 0.887. The van der Waals surface area contributed by atoms with Gasteiger partial charge >= 0.3 is 0 Å². The largest absolute Gasteiger partial charge is 0.496 e. The second-order valence-corrected chi connectivity index (χ2v) is 8.24. The van der Waals surface area contributed by atoms with E-state index in [1.54, 1.807) is 7.11 Å². The molecule has 1 saturated heterocycles. The first kappa shape index (κ1) is 21.1. The normalized spacial score (nSPS) is 20.7. The minimum Gasteiger partial charge on any atom is -0.496 e. The molecule has 4 nitrogen and oxygen atoms in total. The number of rotatable bonds is 6. The van der Waals surface area contributed by atoms with Crippen molar-refractivity contribution in [3.05, 3.63) is 89.5 Å². The van der Waals surface area contributed by atoms with Crippen LogP contribution in [0.15, 0.2) is 72.8 Å².